The van der Waals surface area contributed by atoms with E-state index in [0.717, 1.165) is 0 Å². The van der Waals surface area contributed by atoms with Crippen LogP contribution in [0.1, 0.15) is 0 Å². The van der Waals surface area contributed by atoms with Crippen molar-refractivity contribution >= 4 is 46.0 Å². The Morgan fingerprint density at radius 3 is 1.56 bits per heavy atom. The van der Waals surface area contributed by atoms with Crippen molar-refractivity contribution < 1.29 is 0 Å². The molecule has 0 aliphatic carbocycles. The summed E-state index contributed by atoms with van der Waals surface area (Å²) in [5.74, 6) is 1.32. The van der Waals surface area contributed by atoms with E-state index in [1.807, 2.05) is 36.4 Å². The fourth-order valence-electron chi connectivity index (χ4n) is 1.22. The molecule has 0 saturated heterocycles. The van der Waals surface area contributed by atoms with Crippen LogP contribution >= 0.6 is 24.4 Å². The number of aromatic nitrogens is 2. The van der Waals surface area contributed by atoms with Gasteiger partial charge in [-0.3, -0.25) is 0 Å². The van der Waals surface area contributed by atoms with Crippen LogP contribution in [0.5, 0.6) is 0 Å². The predicted molar refractivity (Wildman–Crippen MR) is 80.9 cm³/mol. The average molecular weight is 274 g/mol. The highest BCUT2D eigenvalue weighted by Crippen LogP contribution is 2.04. The van der Waals surface area contributed by atoms with E-state index in [1.54, 1.807) is 12.4 Å². The molecule has 0 spiro atoms. The van der Waals surface area contributed by atoms with Gasteiger partial charge in [0.15, 0.2) is 0 Å². The molecule has 90 valence electrons. The molecular weight excluding hydrogens is 264 g/mol. The molecule has 6 heteroatoms. The molecule has 2 N–H and O–H groups in total. The van der Waals surface area contributed by atoms with Crippen LogP contribution in [0, 0.1) is 0 Å². The van der Waals surface area contributed by atoms with Crippen LogP contribution < -0.4 is 10.6 Å². The van der Waals surface area contributed by atoms with E-state index in [2.05, 4.69) is 20.6 Å². The summed E-state index contributed by atoms with van der Waals surface area (Å²) >= 11 is 10.4. The Balaban J connectivity index is 1.96. The summed E-state index contributed by atoms with van der Waals surface area (Å²) in [6.45, 7) is 0. The first kappa shape index (κ1) is 12.5. The van der Waals surface area contributed by atoms with Crippen molar-refractivity contribution in [2.45, 2.75) is 0 Å². The van der Waals surface area contributed by atoms with E-state index in [-0.39, 0.29) is 0 Å². The first-order valence-electron chi connectivity index (χ1n) is 5.20. The molecule has 0 fully saturated rings. The van der Waals surface area contributed by atoms with Gasteiger partial charge in [-0.05, 0) is 24.3 Å². The van der Waals surface area contributed by atoms with Crippen molar-refractivity contribution in [3.8, 4) is 0 Å². The lowest BCUT2D eigenvalue weighted by Gasteiger charge is -2.09. The Labute approximate surface area is 115 Å². The van der Waals surface area contributed by atoms with Crippen LogP contribution in [0.3, 0.4) is 0 Å². The number of hydrogen-bond donors (Lipinski definition) is 2. The number of nitrogens with zero attached hydrogens (tertiary/aromatic N) is 2. The monoisotopic (exact) mass is 274 g/mol. The van der Waals surface area contributed by atoms with Gasteiger partial charge in [0.2, 0.25) is 0 Å². The molecule has 0 bridgehead atoms. The fourth-order valence-corrected chi connectivity index (χ4v) is 1.53. The molecular formula is C12H10N4S2. The molecule has 4 nitrogen and oxygen atoms in total. The first-order valence-corrected chi connectivity index (χ1v) is 6.02. The second kappa shape index (κ2) is 6.13. The Bertz CT molecular complexity index is 491. The second-order valence-corrected chi connectivity index (χ2v) is 4.15. The Hall–Kier alpha value is -1.92. The summed E-state index contributed by atoms with van der Waals surface area (Å²) < 4.78 is 0. The topological polar surface area (TPSA) is 49.8 Å². The highest BCUT2D eigenvalue weighted by atomic mass is 32.1. The van der Waals surface area contributed by atoms with Crippen LogP contribution in [0.4, 0.5) is 11.6 Å². The third kappa shape index (κ3) is 3.54. The average Bonchev–Trinajstić information content (AvgIpc) is 2.41. The normalized spacial score (nSPS) is 9.56. The minimum atomic E-state index is 0.411. The molecule has 0 atom stereocenters. The van der Waals surface area contributed by atoms with Crippen LogP contribution in [-0.2, 0) is 0 Å². The zero-order valence-corrected chi connectivity index (χ0v) is 11.0. The number of anilines is 2. The predicted octanol–water partition coefficient (Wildman–Crippen LogP) is 2.66. The summed E-state index contributed by atoms with van der Waals surface area (Å²) in [7, 11) is 0. The van der Waals surface area contributed by atoms with Crippen LogP contribution in [0.25, 0.3) is 0 Å². The minimum Gasteiger partial charge on any atom is -0.329 e. The van der Waals surface area contributed by atoms with E-state index in [1.165, 1.54) is 0 Å². The maximum Gasteiger partial charge on any atom is 0.140 e. The summed E-state index contributed by atoms with van der Waals surface area (Å²) in [6, 6.07) is 11.0. The highest BCUT2D eigenvalue weighted by Gasteiger charge is 2.06. The number of nitrogens with one attached hydrogen (secondary N) is 2. The highest BCUT2D eigenvalue weighted by molar-refractivity contribution is 7.89. The molecule has 2 aromatic rings. The second-order valence-electron chi connectivity index (χ2n) is 3.34. The van der Waals surface area contributed by atoms with E-state index >= 15 is 0 Å². The number of pyridine rings is 2. The number of thiocarbonyl (C=S) groups is 2. The standard InChI is InChI=1S/C12H10N4S2/c17-11(15-9-5-1-3-7-13-9)12(18)16-10-6-2-4-8-14-10/h1-8H,(H,13,15,17)(H,14,16,18). The maximum absolute atomic E-state index is 5.18. The van der Waals surface area contributed by atoms with Crippen LogP contribution in [0.15, 0.2) is 48.8 Å². The zero-order valence-electron chi connectivity index (χ0n) is 9.33. The SMILES string of the molecule is S=C(Nc1ccccn1)C(=S)Nc1ccccn1. The Kier molecular flexibility index (Phi) is 4.27. The van der Waals surface area contributed by atoms with Gasteiger partial charge >= 0.3 is 0 Å². The van der Waals surface area contributed by atoms with Crippen molar-refractivity contribution in [1.29, 1.82) is 0 Å². The molecule has 0 aliphatic heterocycles. The largest absolute Gasteiger partial charge is 0.329 e. The maximum atomic E-state index is 5.18. The van der Waals surface area contributed by atoms with E-state index < -0.39 is 0 Å². The molecule has 2 rings (SSSR count). The molecule has 0 amide bonds. The third-order valence-electron chi connectivity index (χ3n) is 2.02. The van der Waals surface area contributed by atoms with Crippen LogP contribution in [-0.4, -0.2) is 19.9 Å². The van der Waals surface area contributed by atoms with Gasteiger partial charge in [-0.1, -0.05) is 36.6 Å². The summed E-state index contributed by atoms with van der Waals surface area (Å²) in [4.78, 5) is 9.04. The van der Waals surface area contributed by atoms with Crippen molar-refractivity contribution in [2.24, 2.45) is 0 Å². The number of hydrogen-bond acceptors (Lipinski definition) is 4. The van der Waals surface area contributed by atoms with E-state index in [0.29, 0.717) is 21.6 Å². The Morgan fingerprint density at radius 2 is 1.22 bits per heavy atom. The van der Waals surface area contributed by atoms with E-state index in [9.17, 15) is 0 Å². The van der Waals surface area contributed by atoms with Crippen molar-refractivity contribution in [1.82, 2.24) is 9.97 Å². The molecule has 2 aromatic heterocycles. The van der Waals surface area contributed by atoms with Crippen molar-refractivity contribution in [3.05, 3.63) is 48.8 Å². The fraction of sp³-hybridized carbons (Fsp3) is 0. The summed E-state index contributed by atoms with van der Waals surface area (Å²) in [5.41, 5.74) is 0. The van der Waals surface area contributed by atoms with Gasteiger partial charge in [-0.2, -0.15) is 0 Å². The lowest BCUT2D eigenvalue weighted by molar-refractivity contribution is 1.32. The summed E-state index contributed by atoms with van der Waals surface area (Å²) in [6.07, 6.45) is 3.36. The smallest absolute Gasteiger partial charge is 0.140 e. The van der Waals surface area contributed by atoms with Crippen molar-refractivity contribution in [2.75, 3.05) is 10.6 Å². The molecule has 0 aromatic carbocycles. The molecule has 0 radical (unpaired) electrons. The quantitative estimate of drug-likeness (QED) is 0.821. The molecule has 0 unspecified atom stereocenters. The van der Waals surface area contributed by atoms with Crippen molar-refractivity contribution in [3.63, 3.8) is 0 Å². The zero-order chi connectivity index (χ0) is 12.8. The lowest BCUT2D eigenvalue weighted by Crippen LogP contribution is -2.26. The molecule has 0 aliphatic rings. The van der Waals surface area contributed by atoms with Crippen LogP contribution in [0.2, 0.25) is 0 Å². The Morgan fingerprint density at radius 1 is 0.778 bits per heavy atom. The van der Waals surface area contributed by atoms with Gasteiger partial charge in [-0.25, -0.2) is 9.97 Å². The van der Waals surface area contributed by atoms with Gasteiger partial charge in [0.1, 0.15) is 21.6 Å². The first-order chi connectivity index (χ1) is 8.75. The van der Waals surface area contributed by atoms with Gasteiger partial charge in [-0.15, -0.1) is 0 Å². The molecule has 0 saturated carbocycles. The third-order valence-corrected chi connectivity index (χ3v) is 2.76. The van der Waals surface area contributed by atoms with Gasteiger partial charge in [0.25, 0.3) is 0 Å². The van der Waals surface area contributed by atoms with Gasteiger partial charge in [0, 0.05) is 12.4 Å². The van der Waals surface area contributed by atoms with Gasteiger partial charge < -0.3 is 10.6 Å². The molecule has 2 heterocycles. The van der Waals surface area contributed by atoms with Gasteiger partial charge in [0.05, 0.1) is 0 Å². The number of rotatable bonds is 2. The van der Waals surface area contributed by atoms with E-state index in [4.69, 9.17) is 24.4 Å². The lowest BCUT2D eigenvalue weighted by atomic mass is 10.4. The minimum absolute atomic E-state index is 0.411. The molecule has 18 heavy (non-hydrogen) atoms. The summed E-state index contributed by atoms with van der Waals surface area (Å²) in [5, 5.41) is 5.90.